The summed E-state index contributed by atoms with van der Waals surface area (Å²) in [5, 5.41) is 8.60. The van der Waals surface area contributed by atoms with Gasteiger partial charge >= 0.3 is 5.97 Å². The molecule has 0 heterocycles. The highest BCUT2D eigenvalue weighted by molar-refractivity contribution is 5.75. The van der Waals surface area contributed by atoms with Gasteiger partial charge in [0.2, 0.25) is 5.91 Å². The summed E-state index contributed by atoms with van der Waals surface area (Å²) in [4.78, 5) is 24.5. The standard InChI is InChI=1S/C21H25NO4/c1-16-6-8-17(9-7-16)4-3-5-20(23)22(2)14-18-10-12-19(13-11-18)26-15-21(24)25/h6-13H,3-5,14-15H2,1-2H3,(H,24,25). The third-order valence-electron chi connectivity index (χ3n) is 4.11. The molecule has 2 aromatic carbocycles. The Hall–Kier alpha value is -2.82. The number of aryl methyl sites for hydroxylation is 2. The molecule has 0 saturated heterocycles. The molecule has 0 unspecified atom stereocenters. The smallest absolute Gasteiger partial charge is 0.341 e. The molecule has 5 nitrogen and oxygen atoms in total. The van der Waals surface area contributed by atoms with Crippen molar-refractivity contribution in [2.45, 2.75) is 32.7 Å². The molecule has 0 aliphatic carbocycles. The van der Waals surface area contributed by atoms with E-state index in [1.165, 1.54) is 11.1 Å². The Morgan fingerprint density at radius 3 is 2.23 bits per heavy atom. The van der Waals surface area contributed by atoms with Crippen molar-refractivity contribution < 1.29 is 19.4 Å². The van der Waals surface area contributed by atoms with Gasteiger partial charge in [0.05, 0.1) is 0 Å². The largest absolute Gasteiger partial charge is 0.482 e. The normalized spacial score (nSPS) is 10.4. The third kappa shape index (κ3) is 6.59. The van der Waals surface area contributed by atoms with E-state index in [9.17, 15) is 9.59 Å². The lowest BCUT2D eigenvalue weighted by Crippen LogP contribution is -2.25. The van der Waals surface area contributed by atoms with Crippen LogP contribution in [0.25, 0.3) is 0 Å². The van der Waals surface area contributed by atoms with Gasteiger partial charge in [0, 0.05) is 20.0 Å². The molecule has 2 rings (SSSR count). The molecule has 0 radical (unpaired) electrons. The molecule has 1 N–H and O–H groups in total. The quantitative estimate of drug-likeness (QED) is 0.748. The molecule has 1 amide bonds. The van der Waals surface area contributed by atoms with Gasteiger partial charge in [-0.25, -0.2) is 4.79 Å². The number of hydrogen-bond donors (Lipinski definition) is 1. The van der Waals surface area contributed by atoms with E-state index < -0.39 is 5.97 Å². The van der Waals surface area contributed by atoms with Crippen molar-refractivity contribution in [3.8, 4) is 5.75 Å². The third-order valence-corrected chi connectivity index (χ3v) is 4.11. The van der Waals surface area contributed by atoms with E-state index in [0.717, 1.165) is 18.4 Å². The topological polar surface area (TPSA) is 66.8 Å². The van der Waals surface area contributed by atoms with Crippen LogP contribution in [-0.4, -0.2) is 35.5 Å². The molecule has 0 aliphatic rings. The van der Waals surface area contributed by atoms with Crippen molar-refractivity contribution >= 4 is 11.9 Å². The van der Waals surface area contributed by atoms with Gasteiger partial charge in [-0.1, -0.05) is 42.0 Å². The molecule has 5 heteroatoms. The minimum absolute atomic E-state index is 0.114. The van der Waals surface area contributed by atoms with Gasteiger partial charge in [-0.3, -0.25) is 4.79 Å². The van der Waals surface area contributed by atoms with Crippen molar-refractivity contribution in [3.63, 3.8) is 0 Å². The molecule has 0 aromatic heterocycles. The lowest BCUT2D eigenvalue weighted by atomic mass is 10.1. The molecule has 0 fully saturated rings. The minimum atomic E-state index is -1.01. The molecule has 2 aromatic rings. The maximum absolute atomic E-state index is 12.3. The molecule has 0 bridgehead atoms. The van der Waals surface area contributed by atoms with Gasteiger partial charge in [0.1, 0.15) is 5.75 Å². The van der Waals surface area contributed by atoms with Crippen molar-refractivity contribution in [3.05, 3.63) is 65.2 Å². The molecule has 138 valence electrons. The van der Waals surface area contributed by atoms with Crippen molar-refractivity contribution in [2.75, 3.05) is 13.7 Å². The Morgan fingerprint density at radius 1 is 1.00 bits per heavy atom. The number of hydrogen-bond acceptors (Lipinski definition) is 3. The number of amides is 1. The highest BCUT2D eigenvalue weighted by Gasteiger charge is 2.09. The number of benzene rings is 2. The van der Waals surface area contributed by atoms with Crippen LogP contribution in [0.5, 0.6) is 5.75 Å². The Labute approximate surface area is 154 Å². The van der Waals surface area contributed by atoms with Crippen LogP contribution in [0.1, 0.15) is 29.5 Å². The zero-order valence-electron chi connectivity index (χ0n) is 15.3. The zero-order valence-corrected chi connectivity index (χ0v) is 15.3. The second-order valence-corrected chi connectivity index (χ2v) is 6.42. The summed E-state index contributed by atoms with van der Waals surface area (Å²) in [5.74, 6) is -0.392. The summed E-state index contributed by atoms with van der Waals surface area (Å²) in [6.07, 6.45) is 2.24. The highest BCUT2D eigenvalue weighted by Crippen LogP contribution is 2.14. The summed E-state index contributed by atoms with van der Waals surface area (Å²) >= 11 is 0. The summed E-state index contributed by atoms with van der Waals surface area (Å²) in [6.45, 7) is 2.22. The van der Waals surface area contributed by atoms with Crippen LogP contribution in [0.15, 0.2) is 48.5 Å². The molecular formula is C21H25NO4. The van der Waals surface area contributed by atoms with Crippen LogP contribution in [0.2, 0.25) is 0 Å². The first kappa shape index (κ1) is 19.5. The van der Waals surface area contributed by atoms with Crippen molar-refractivity contribution in [2.24, 2.45) is 0 Å². The fourth-order valence-electron chi connectivity index (χ4n) is 2.59. The molecule has 0 atom stereocenters. The van der Waals surface area contributed by atoms with Gasteiger partial charge in [0.25, 0.3) is 0 Å². The average Bonchev–Trinajstić information content (AvgIpc) is 2.62. The zero-order chi connectivity index (χ0) is 18.9. The van der Waals surface area contributed by atoms with Gasteiger partial charge in [-0.05, 0) is 43.0 Å². The first-order chi connectivity index (χ1) is 12.4. The average molecular weight is 355 g/mol. The maximum Gasteiger partial charge on any atom is 0.341 e. The Balaban J connectivity index is 1.75. The van der Waals surface area contributed by atoms with Crippen LogP contribution in [0.3, 0.4) is 0 Å². The Kier molecular flexibility index (Phi) is 7.21. The predicted octanol–water partition coefficient (Wildman–Crippen LogP) is 3.44. The van der Waals surface area contributed by atoms with Gasteiger partial charge in [-0.15, -0.1) is 0 Å². The first-order valence-corrected chi connectivity index (χ1v) is 8.67. The number of rotatable bonds is 9. The number of aliphatic carboxylic acids is 1. The lowest BCUT2D eigenvalue weighted by Gasteiger charge is -2.17. The van der Waals surface area contributed by atoms with Gasteiger partial charge in [0.15, 0.2) is 6.61 Å². The number of carboxylic acids is 1. The Morgan fingerprint density at radius 2 is 1.62 bits per heavy atom. The van der Waals surface area contributed by atoms with E-state index in [-0.39, 0.29) is 12.5 Å². The molecule has 0 spiro atoms. The summed E-state index contributed by atoms with van der Waals surface area (Å²) in [6, 6.07) is 15.5. The van der Waals surface area contributed by atoms with Crippen LogP contribution < -0.4 is 4.74 Å². The summed E-state index contributed by atoms with van der Waals surface area (Å²) in [7, 11) is 1.79. The van der Waals surface area contributed by atoms with E-state index in [1.807, 2.05) is 12.1 Å². The van der Waals surface area contributed by atoms with Crippen LogP contribution >= 0.6 is 0 Å². The second kappa shape index (κ2) is 9.61. The second-order valence-electron chi connectivity index (χ2n) is 6.42. The van der Waals surface area contributed by atoms with Crippen LogP contribution in [0.4, 0.5) is 0 Å². The lowest BCUT2D eigenvalue weighted by molar-refractivity contribution is -0.139. The monoisotopic (exact) mass is 355 g/mol. The number of carbonyl (C=O) groups is 2. The van der Waals surface area contributed by atoms with E-state index in [1.54, 1.807) is 24.1 Å². The van der Waals surface area contributed by atoms with E-state index in [0.29, 0.717) is 18.7 Å². The summed E-state index contributed by atoms with van der Waals surface area (Å²) < 4.78 is 5.10. The SMILES string of the molecule is Cc1ccc(CCCC(=O)N(C)Cc2ccc(OCC(=O)O)cc2)cc1. The van der Waals surface area contributed by atoms with Gasteiger partial charge in [-0.2, -0.15) is 0 Å². The van der Waals surface area contributed by atoms with Crippen molar-refractivity contribution in [1.29, 1.82) is 0 Å². The highest BCUT2D eigenvalue weighted by atomic mass is 16.5. The van der Waals surface area contributed by atoms with Crippen LogP contribution in [0, 0.1) is 6.92 Å². The first-order valence-electron chi connectivity index (χ1n) is 8.67. The predicted molar refractivity (Wildman–Crippen MR) is 100 cm³/mol. The van der Waals surface area contributed by atoms with Crippen LogP contribution in [-0.2, 0) is 22.6 Å². The fourth-order valence-corrected chi connectivity index (χ4v) is 2.59. The Bertz CT molecular complexity index is 723. The van der Waals surface area contributed by atoms with Crippen molar-refractivity contribution in [1.82, 2.24) is 4.90 Å². The van der Waals surface area contributed by atoms with E-state index in [2.05, 4.69) is 31.2 Å². The molecular weight excluding hydrogens is 330 g/mol. The molecule has 26 heavy (non-hydrogen) atoms. The van der Waals surface area contributed by atoms with E-state index >= 15 is 0 Å². The molecule has 0 aliphatic heterocycles. The molecule has 0 saturated carbocycles. The van der Waals surface area contributed by atoms with E-state index in [4.69, 9.17) is 9.84 Å². The summed E-state index contributed by atoms with van der Waals surface area (Å²) in [5.41, 5.74) is 3.47. The fraction of sp³-hybridized carbons (Fsp3) is 0.333. The van der Waals surface area contributed by atoms with Gasteiger partial charge < -0.3 is 14.7 Å². The number of carboxylic acid groups (broad SMARTS) is 1. The number of ether oxygens (including phenoxy) is 1. The maximum atomic E-state index is 12.3. The number of nitrogens with zero attached hydrogens (tertiary/aromatic N) is 1. The number of carbonyl (C=O) groups excluding carboxylic acids is 1. The minimum Gasteiger partial charge on any atom is -0.482 e.